The molecule has 1 aliphatic rings. The molecular formula is C9H9BrN2O. The Balaban J connectivity index is 2.50. The molecule has 0 radical (unpaired) electrons. The molecule has 1 amide bonds. The van der Waals surface area contributed by atoms with E-state index in [0.29, 0.717) is 6.54 Å². The van der Waals surface area contributed by atoms with Gasteiger partial charge in [-0.05, 0) is 23.8 Å². The number of nitrogens with one attached hydrogen (secondary N) is 1. The maximum Gasteiger partial charge on any atom is 0.233 e. The standard InChI is InChI=1S/C9H9BrN2O/c10-5-1-2-8-6(3-5)7(4-11)9(13)12-8/h1-3,7H,4,11H2,(H,12,13). The number of carbonyl (C=O) groups is 1. The average Bonchev–Trinajstić information content (AvgIpc) is 2.40. The van der Waals surface area contributed by atoms with E-state index in [0.717, 1.165) is 15.7 Å². The summed E-state index contributed by atoms with van der Waals surface area (Å²) >= 11 is 3.36. The Morgan fingerprint density at radius 3 is 3.00 bits per heavy atom. The van der Waals surface area contributed by atoms with Gasteiger partial charge in [0.1, 0.15) is 0 Å². The number of carbonyl (C=O) groups excluding carboxylic acids is 1. The van der Waals surface area contributed by atoms with Crippen molar-refractivity contribution < 1.29 is 4.79 Å². The summed E-state index contributed by atoms with van der Waals surface area (Å²) in [5.41, 5.74) is 7.38. The third-order valence-electron chi connectivity index (χ3n) is 2.20. The molecule has 0 bridgehead atoms. The molecule has 0 aliphatic carbocycles. The van der Waals surface area contributed by atoms with E-state index in [1.807, 2.05) is 18.2 Å². The fourth-order valence-corrected chi connectivity index (χ4v) is 1.91. The highest BCUT2D eigenvalue weighted by Crippen LogP contribution is 2.33. The molecule has 0 fully saturated rings. The molecule has 3 nitrogen and oxygen atoms in total. The van der Waals surface area contributed by atoms with Crippen LogP contribution < -0.4 is 11.1 Å². The SMILES string of the molecule is NCC1C(=O)Nc2ccc(Br)cc21. The minimum absolute atomic E-state index is 0.00407. The quantitative estimate of drug-likeness (QED) is 0.781. The van der Waals surface area contributed by atoms with Gasteiger partial charge >= 0.3 is 0 Å². The first-order valence-electron chi connectivity index (χ1n) is 4.02. The van der Waals surface area contributed by atoms with E-state index >= 15 is 0 Å². The van der Waals surface area contributed by atoms with Crippen molar-refractivity contribution in [3.8, 4) is 0 Å². The van der Waals surface area contributed by atoms with Crippen molar-refractivity contribution in [2.75, 3.05) is 11.9 Å². The monoisotopic (exact) mass is 240 g/mol. The zero-order chi connectivity index (χ0) is 9.42. The summed E-state index contributed by atoms with van der Waals surface area (Å²) in [6.07, 6.45) is 0. The van der Waals surface area contributed by atoms with Crippen LogP contribution in [0.15, 0.2) is 22.7 Å². The van der Waals surface area contributed by atoms with Crippen molar-refractivity contribution in [1.29, 1.82) is 0 Å². The van der Waals surface area contributed by atoms with E-state index in [-0.39, 0.29) is 11.8 Å². The lowest BCUT2D eigenvalue weighted by Crippen LogP contribution is -2.20. The van der Waals surface area contributed by atoms with E-state index in [1.165, 1.54) is 0 Å². The van der Waals surface area contributed by atoms with Crippen LogP contribution in [0.2, 0.25) is 0 Å². The molecule has 3 N–H and O–H groups in total. The molecule has 1 heterocycles. The Bertz CT molecular complexity index is 365. The van der Waals surface area contributed by atoms with E-state index in [9.17, 15) is 4.79 Å². The highest BCUT2D eigenvalue weighted by atomic mass is 79.9. The Kier molecular flexibility index (Phi) is 2.09. The van der Waals surface area contributed by atoms with Crippen LogP contribution in [0.1, 0.15) is 11.5 Å². The molecular weight excluding hydrogens is 232 g/mol. The lowest BCUT2D eigenvalue weighted by molar-refractivity contribution is -0.116. The van der Waals surface area contributed by atoms with Crippen LogP contribution in [0.4, 0.5) is 5.69 Å². The van der Waals surface area contributed by atoms with Gasteiger partial charge in [0.2, 0.25) is 5.91 Å². The largest absolute Gasteiger partial charge is 0.329 e. The molecule has 2 rings (SSSR count). The van der Waals surface area contributed by atoms with Crippen molar-refractivity contribution in [3.05, 3.63) is 28.2 Å². The van der Waals surface area contributed by atoms with Crippen LogP contribution in [0.3, 0.4) is 0 Å². The molecule has 0 spiro atoms. The van der Waals surface area contributed by atoms with Gasteiger partial charge in [-0.2, -0.15) is 0 Å². The highest BCUT2D eigenvalue weighted by molar-refractivity contribution is 9.10. The van der Waals surface area contributed by atoms with Crippen molar-refractivity contribution in [2.24, 2.45) is 5.73 Å². The Morgan fingerprint density at radius 2 is 2.31 bits per heavy atom. The Labute approximate surface area is 84.4 Å². The first kappa shape index (κ1) is 8.72. The molecule has 1 aliphatic heterocycles. The van der Waals surface area contributed by atoms with Gasteiger partial charge in [0.05, 0.1) is 5.92 Å². The topological polar surface area (TPSA) is 55.1 Å². The van der Waals surface area contributed by atoms with Gasteiger partial charge in [0.15, 0.2) is 0 Å². The number of hydrogen-bond acceptors (Lipinski definition) is 2. The number of halogens is 1. The Morgan fingerprint density at radius 1 is 1.54 bits per heavy atom. The summed E-state index contributed by atoms with van der Waals surface area (Å²) in [4.78, 5) is 11.4. The molecule has 68 valence electrons. The Hall–Kier alpha value is -0.870. The fourth-order valence-electron chi connectivity index (χ4n) is 1.53. The number of hydrogen-bond donors (Lipinski definition) is 2. The number of amides is 1. The van der Waals surface area contributed by atoms with Gasteiger partial charge in [-0.1, -0.05) is 15.9 Å². The second-order valence-corrected chi connectivity index (χ2v) is 3.92. The summed E-state index contributed by atoms with van der Waals surface area (Å²) in [6, 6.07) is 5.72. The lowest BCUT2D eigenvalue weighted by Gasteiger charge is -2.04. The minimum atomic E-state index is -0.188. The van der Waals surface area contributed by atoms with Gasteiger partial charge in [-0.3, -0.25) is 4.79 Å². The third-order valence-corrected chi connectivity index (χ3v) is 2.69. The fraction of sp³-hybridized carbons (Fsp3) is 0.222. The summed E-state index contributed by atoms with van der Waals surface area (Å²) in [5, 5.41) is 2.79. The molecule has 1 aromatic carbocycles. The first-order chi connectivity index (χ1) is 6.22. The predicted molar refractivity (Wildman–Crippen MR) is 54.6 cm³/mol. The van der Waals surface area contributed by atoms with Crippen molar-refractivity contribution in [2.45, 2.75) is 5.92 Å². The van der Waals surface area contributed by atoms with Crippen LogP contribution in [0.5, 0.6) is 0 Å². The molecule has 13 heavy (non-hydrogen) atoms. The normalized spacial score (nSPS) is 19.8. The maximum absolute atomic E-state index is 11.4. The van der Waals surface area contributed by atoms with Gasteiger partial charge in [-0.25, -0.2) is 0 Å². The number of benzene rings is 1. The average molecular weight is 241 g/mol. The second kappa shape index (κ2) is 3.12. The third kappa shape index (κ3) is 1.36. The molecule has 1 atom stereocenters. The number of anilines is 1. The van der Waals surface area contributed by atoms with E-state index in [1.54, 1.807) is 0 Å². The summed E-state index contributed by atoms with van der Waals surface area (Å²) < 4.78 is 0.973. The van der Waals surface area contributed by atoms with Crippen LogP contribution in [0, 0.1) is 0 Å². The first-order valence-corrected chi connectivity index (χ1v) is 4.82. The van der Waals surface area contributed by atoms with Crippen molar-refractivity contribution in [3.63, 3.8) is 0 Å². The summed E-state index contributed by atoms with van der Waals surface area (Å²) in [7, 11) is 0. The van der Waals surface area contributed by atoms with Gasteiger partial charge in [0, 0.05) is 16.7 Å². The van der Waals surface area contributed by atoms with Crippen LogP contribution in [0.25, 0.3) is 0 Å². The van der Waals surface area contributed by atoms with Crippen molar-refractivity contribution >= 4 is 27.5 Å². The number of rotatable bonds is 1. The summed E-state index contributed by atoms with van der Waals surface area (Å²) in [6.45, 7) is 0.356. The molecule has 0 aromatic heterocycles. The van der Waals surface area contributed by atoms with Crippen molar-refractivity contribution in [1.82, 2.24) is 0 Å². The molecule has 4 heteroatoms. The number of nitrogens with two attached hydrogens (primary N) is 1. The molecule has 0 saturated heterocycles. The molecule has 0 saturated carbocycles. The molecule has 1 unspecified atom stereocenters. The lowest BCUT2D eigenvalue weighted by atomic mass is 10.0. The maximum atomic E-state index is 11.4. The van der Waals surface area contributed by atoms with Crippen LogP contribution >= 0.6 is 15.9 Å². The van der Waals surface area contributed by atoms with Gasteiger partial charge in [0.25, 0.3) is 0 Å². The zero-order valence-corrected chi connectivity index (χ0v) is 8.47. The van der Waals surface area contributed by atoms with E-state index in [4.69, 9.17) is 5.73 Å². The highest BCUT2D eigenvalue weighted by Gasteiger charge is 2.28. The summed E-state index contributed by atoms with van der Waals surface area (Å²) in [5.74, 6) is -0.192. The smallest absolute Gasteiger partial charge is 0.233 e. The molecule has 1 aromatic rings. The minimum Gasteiger partial charge on any atom is -0.329 e. The van der Waals surface area contributed by atoms with Gasteiger partial charge < -0.3 is 11.1 Å². The van der Waals surface area contributed by atoms with Crippen LogP contribution in [-0.2, 0) is 4.79 Å². The zero-order valence-electron chi connectivity index (χ0n) is 6.88. The van der Waals surface area contributed by atoms with Gasteiger partial charge in [-0.15, -0.1) is 0 Å². The van der Waals surface area contributed by atoms with E-state index in [2.05, 4.69) is 21.2 Å². The predicted octanol–water partition coefficient (Wildman–Crippen LogP) is 1.44. The van der Waals surface area contributed by atoms with Crippen LogP contribution in [-0.4, -0.2) is 12.5 Å². The second-order valence-electron chi connectivity index (χ2n) is 3.01. The van der Waals surface area contributed by atoms with E-state index < -0.39 is 0 Å². The number of fused-ring (bicyclic) bond motifs is 1.